The molecular weight excluding hydrogens is 138 g/mol. The van der Waals surface area contributed by atoms with Crippen LogP contribution in [0.1, 0.15) is 13.8 Å². The Bertz CT molecular complexity index is 90.4. The summed E-state index contributed by atoms with van der Waals surface area (Å²) in [5, 5.41) is 0. The average molecular weight is 151 g/mol. The molecule has 0 amide bonds. The van der Waals surface area contributed by atoms with Crippen molar-refractivity contribution in [3.8, 4) is 0 Å². The van der Waals surface area contributed by atoms with Gasteiger partial charge in [-0.3, -0.25) is 0 Å². The van der Waals surface area contributed by atoms with E-state index in [1.807, 2.05) is 0 Å². The Kier molecular flexibility index (Phi) is 3.77. The molecule has 3 heteroatoms. The second-order valence-electron chi connectivity index (χ2n) is 2.06. The van der Waals surface area contributed by atoms with E-state index >= 15 is 0 Å². The SMILES string of the molecule is CC(C)N(C)S(C)=S. The second kappa shape index (κ2) is 3.54. The van der Waals surface area contributed by atoms with Crippen LogP contribution in [0.3, 0.4) is 0 Å². The summed E-state index contributed by atoms with van der Waals surface area (Å²) >= 11 is 5.03. The molecule has 0 saturated heterocycles. The Morgan fingerprint density at radius 3 is 1.88 bits per heavy atom. The first-order chi connectivity index (χ1) is 3.55. The van der Waals surface area contributed by atoms with Crippen molar-refractivity contribution in [1.29, 1.82) is 0 Å². The lowest BCUT2D eigenvalue weighted by Crippen LogP contribution is -2.26. The van der Waals surface area contributed by atoms with Gasteiger partial charge in [0.05, 0.1) is 0 Å². The van der Waals surface area contributed by atoms with E-state index < -0.39 is 0 Å². The lowest BCUT2D eigenvalue weighted by Gasteiger charge is -2.19. The quantitative estimate of drug-likeness (QED) is 0.578. The minimum atomic E-state index is 0.0262. The average Bonchev–Trinajstić information content (AvgIpc) is 1.64. The first-order valence-corrected chi connectivity index (χ1v) is 5.13. The predicted octanol–water partition coefficient (Wildman–Crippen LogP) is 0.952. The fraction of sp³-hybridized carbons (Fsp3) is 1.00. The van der Waals surface area contributed by atoms with Crippen LogP contribution in [0.4, 0.5) is 0 Å². The van der Waals surface area contributed by atoms with Gasteiger partial charge in [0.15, 0.2) is 0 Å². The molecule has 0 aromatic heterocycles. The summed E-state index contributed by atoms with van der Waals surface area (Å²) in [6.07, 6.45) is 2.05. The minimum absolute atomic E-state index is 0.0262. The van der Waals surface area contributed by atoms with Gasteiger partial charge in [-0.15, -0.1) is 0 Å². The maximum atomic E-state index is 5.03. The molecule has 0 rings (SSSR count). The molecule has 1 unspecified atom stereocenters. The van der Waals surface area contributed by atoms with Gasteiger partial charge >= 0.3 is 0 Å². The van der Waals surface area contributed by atoms with Crippen molar-refractivity contribution in [2.45, 2.75) is 19.9 Å². The van der Waals surface area contributed by atoms with Crippen molar-refractivity contribution in [1.82, 2.24) is 4.31 Å². The van der Waals surface area contributed by atoms with Gasteiger partial charge in [-0.05, 0) is 32.1 Å². The second-order valence-corrected chi connectivity index (χ2v) is 4.93. The standard InChI is InChI=1S/C5H13NS2/c1-5(2)6(3)8(4)7/h5H,1-4H3. The van der Waals surface area contributed by atoms with Crippen LogP contribution in [-0.4, -0.2) is 23.7 Å². The lowest BCUT2D eigenvalue weighted by molar-refractivity contribution is 0.467. The van der Waals surface area contributed by atoms with Gasteiger partial charge in [0, 0.05) is 12.3 Å². The highest BCUT2D eigenvalue weighted by molar-refractivity contribution is 8.27. The van der Waals surface area contributed by atoms with E-state index in [0.717, 1.165) is 0 Å². The van der Waals surface area contributed by atoms with Crippen LogP contribution in [-0.2, 0) is 20.8 Å². The van der Waals surface area contributed by atoms with Crippen molar-refractivity contribution in [2.75, 3.05) is 13.3 Å². The van der Waals surface area contributed by atoms with E-state index in [0.29, 0.717) is 6.04 Å². The summed E-state index contributed by atoms with van der Waals surface area (Å²) < 4.78 is 2.18. The lowest BCUT2D eigenvalue weighted by atomic mass is 10.4. The monoisotopic (exact) mass is 151 g/mol. The van der Waals surface area contributed by atoms with Gasteiger partial charge in [-0.1, -0.05) is 9.64 Å². The van der Waals surface area contributed by atoms with E-state index in [4.69, 9.17) is 11.2 Å². The largest absolute Gasteiger partial charge is 0.248 e. The zero-order chi connectivity index (χ0) is 6.73. The van der Waals surface area contributed by atoms with Crippen molar-refractivity contribution < 1.29 is 0 Å². The van der Waals surface area contributed by atoms with Gasteiger partial charge in [0.25, 0.3) is 0 Å². The molecule has 0 aliphatic carbocycles. The molecule has 1 atom stereocenters. The molecule has 0 radical (unpaired) electrons. The normalized spacial score (nSPS) is 15.2. The molecule has 8 heavy (non-hydrogen) atoms. The highest BCUT2D eigenvalue weighted by Crippen LogP contribution is 1.94. The van der Waals surface area contributed by atoms with Crippen molar-refractivity contribution in [3.63, 3.8) is 0 Å². The summed E-state index contributed by atoms with van der Waals surface area (Å²) in [7, 11) is 2.08. The summed E-state index contributed by atoms with van der Waals surface area (Å²) in [6.45, 7) is 4.30. The number of hydrogen-bond donors (Lipinski definition) is 0. The molecule has 0 heterocycles. The molecule has 0 aliphatic rings. The van der Waals surface area contributed by atoms with Gasteiger partial charge in [-0.25, -0.2) is 4.31 Å². The zero-order valence-electron chi connectivity index (χ0n) is 5.84. The zero-order valence-corrected chi connectivity index (χ0v) is 7.47. The smallest absolute Gasteiger partial charge is 0.0145 e. The molecule has 0 N–H and O–H groups in total. The summed E-state index contributed by atoms with van der Waals surface area (Å²) in [5.74, 6) is 0. The first kappa shape index (κ1) is 8.53. The molecule has 1 nitrogen and oxygen atoms in total. The Morgan fingerprint density at radius 2 is 1.88 bits per heavy atom. The highest BCUT2D eigenvalue weighted by atomic mass is 32.8. The van der Waals surface area contributed by atoms with Crippen LogP contribution in [0.2, 0.25) is 0 Å². The third-order valence-electron chi connectivity index (χ3n) is 1.13. The molecular formula is C5H13NS2. The molecule has 0 aliphatic heterocycles. The molecule has 50 valence electrons. The summed E-state index contributed by atoms with van der Waals surface area (Å²) in [5.41, 5.74) is 0. The van der Waals surface area contributed by atoms with Crippen LogP contribution in [0.25, 0.3) is 0 Å². The van der Waals surface area contributed by atoms with E-state index in [9.17, 15) is 0 Å². The van der Waals surface area contributed by atoms with Crippen molar-refractivity contribution >= 4 is 20.8 Å². The molecule has 0 fully saturated rings. The van der Waals surface area contributed by atoms with Crippen LogP contribution >= 0.6 is 0 Å². The molecule has 0 saturated carbocycles. The Balaban J connectivity index is 3.64. The number of hydrogen-bond acceptors (Lipinski definition) is 1. The number of nitrogens with zero attached hydrogens (tertiary/aromatic N) is 1. The fourth-order valence-electron chi connectivity index (χ4n) is 0.297. The van der Waals surface area contributed by atoms with Crippen molar-refractivity contribution in [3.05, 3.63) is 0 Å². The van der Waals surface area contributed by atoms with Crippen LogP contribution in [0.15, 0.2) is 0 Å². The summed E-state index contributed by atoms with van der Waals surface area (Å²) in [6, 6.07) is 0.584. The fourth-order valence-corrected chi connectivity index (χ4v) is 1.41. The molecule has 0 bridgehead atoms. The third-order valence-corrected chi connectivity index (χ3v) is 3.07. The van der Waals surface area contributed by atoms with E-state index in [1.165, 1.54) is 0 Å². The summed E-state index contributed by atoms with van der Waals surface area (Å²) in [4.78, 5) is 0. The molecule has 0 spiro atoms. The minimum Gasteiger partial charge on any atom is -0.248 e. The van der Waals surface area contributed by atoms with Crippen LogP contribution in [0, 0.1) is 0 Å². The van der Waals surface area contributed by atoms with Gasteiger partial charge in [0.2, 0.25) is 0 Å². The Hall–Kier alpha value is 0.530. The van der Waals surface area contributed by atoms with Gasteiger partial charge in [0.1, 0.15) is 0 Å². The highest BCUT2D eigenvalue weighted by Gasteiger charge is 2.01. The van der Waals surface area contributed by atoms with Crippen LogP contribution in [0.5, 0.6) is 0 Å². The van der Waals surface area contributed by atoms with E-state index in [2.05, 4.69) is 31.5 Å². The Labute approximate surface area is 58.8 Å². The van der Waals surface area contributed by atoms with E-state index in [-0.39, 0.29) is 9.64 Å². The van der Waals surface area contributed by atoms with Gasteiger partial charge in [-0.2, -0.15) is 0 Å². The predicted molar refractivity (Wildman–Crippen MR) is 43.6 cm³/mol. The Morgan fingerprint density at radius 1 is 1.50 bits per heavy atom. The first-order valence-electron chi connectivity index (χ1n) is 2.62. The molecule has 0 aromatic carbocycles. The van der Waals surface area contributed by atoms with Crippen molar-refractivity contribution in [2.24, 2.45) is 0 Å². The maximum absolute atomic E-state index is 5.03. The van der Waals surface area contributed by atoms with Crippen LogP contribution < -0.4 is 0 Å². The third kappa shape index (κ3) is 2.74. The van der Waals surface area contributed by atoms with Gasteiger partial charge < -0.3 is 0 Å². The maximum Gasteiger partial charge on any atom is 0.0145 e. The van der Waals surface area contributed by atoms with E-state index in [1.54, 1.807) is 0 Å². The number of rotatable bonds is 2. The topological polar surface area (TPSA) is 3.24 Å². The molecule has 0 aromatic rings.